The molecular weight excluding hydrogens is 416 g/mol. The quantitative estimate of drug-likeness (QED) is 0.575. The van der Waals surface area contributed by atoms with Crippen LogP contribution in [0.4, 0.5) is 5.69 Å². The molecule has 3 rings (SSSR count). The van der Waals surface area contributed by atoms with E-state index >= 15 is 0 Å². The van der Waals surface area contributed by atoms with Gasteiger partial charge in [0, 0.05) is 17.1 Å². The molecule has 0 saturated heterocycles. The number of carbonyl (C=O) groups is 1. The molecule has 0 radical (unpaired) electrons. The number of thiophene rings is 1. The van der Waals surface area contributed by atoms with Gasteiger partial charge in [-0.3, -0.25) is 9.52 Å². The second-order valence-corrected chi connectivity index (χ2v) is 9.32. The molecule has 0 fully saturated rings. The molecule has 8 heteroatoms. The number of halogens is 1. The Morgan fingerprint density at radius 2 is 1.93 bits per heavy atom. The van der Waals surface area contributed by atoms with E-state index in [1.807, 2.05) is 30.5 Å². The van der Waals surface area contributed by atoms with Crippen LogP contribution in [0, 0.1) is 6.92 Å². The monoisotopic (exact) mass is 434 g/mol. The van der Waals surface area contributed by atoms with Crippen molar-refractivity contribution in [2.45, 2.75) is 18.2 Å². The van der Waals surface area contributed by atoms with E-state index in [9.17, 15) is 13.2 Å². The topological polar surface area (TPSA) is 75.3 Å². The molecule has 0 aliphatic heterocycles. The number of rotatable bonds is 7. The molecule has 0 saturated carbocycles. The number of nitrogens with one attached hydrogen (secondary N) is 2. The standard InChI is InChI=1S/C20H19ClN2O3S2/c1-14-4-2-5-15(12-14)23-28(25,26)17-7-8-19(21)18(13-17)20(24)22-10-9-16-6-3-11-27-16/h2-8,11-13,23H,9-10H2,1H3,(H,22,24). The average molecular weight is 435 g/mol. The summed E-state index contributed by atoms with van der Waals surface area (Å²) in [7, 11) is -3.85. The zero-order valence-electron chi connectivity index (χ0n) is 15.1. The van der Waals surface area contributed by atoms with Crippen molar-refractivity contribution in [1.82, 2.24) is 5.32 Å². The van der Waals surface area contributed by atoms with Crippen molar-refractivity contribution in [3.63, 3.8) is 0 Å². The summed E-state index contributed by atoms with van der Waals surface area (Å²) >= 11 is 7.74. The molecule has 1 amide bonds. The Hall–Kier alpha value is -2.35. The maximum absolute atomic E-state index is 12.7. The summed E-state index contributed by atoms with van der Waals surface area (Å²) < 4.78 is 27.9. The minimum absolute atomic E-state index is 0.0261. The molecule has 0 spiro atoms. The molecule has 28 heavy (non-hydrogen) atoms. The van der Waals surface area contributed by atoms with Crippen molar-refractivity contribution in [2.75, 3.05) is 11.3 Å². The minimum atomic E-state index is -3.85. The van der Waals surface area contributed by atoms with Gasteiger partial charge in [-0.05, 0) is 60.7 Å². The fraction of sp³-hybridized carbons (Fsp3) is 0.150. The Kier molecular flexibility index (Phi) is 6.39. The molecule has 2 N–H and O–H groups in total. The lowest BCUT2D eigenvalue weighted by molar-refractivity contribution is 0.0954. The Morgan fingerprint density at radius 1 is 1.11 bits per heavy atom. The second kappa shape index (κ2) is 8.77. The number of amides is 1. The molecule has 146 valence electrons. The van der Waals surface area contributed by atoms with Crippen molar-refractivity contribution < 1.29 is 13.2 Å². The van der Waals surface area contributed by atoms with Crippen molar-refractivity contribution in [3.05, 3.63) is 81.0 Å². The maximum atomic E-state index is 12.7. The van der Waals surface area contributed by atoms with Crippen molar-refractivity contribution in [2.24, 2.45) is 0 Å². The highest BCUT2D eigenvalue weighted by Crippen LogP contribution is 2.23. The van der Waals surface area contributed by atoms with Crippen LogP contribution in [0.3, 0.4) is 0 Å². The fourth-order valence-corrected chi connectivity index (χ4v) is 4.61. The molecule has 2 aromatic carbocycles. The first-order chi connectivity index (χ1) is 13.3. The Labute approximate surface area is 173 Å². The zero-order chi connectivity index (χ0) is 20.1. The van der Waals surface area contributed by atoms with E-state index in [0.717, 1.165) is 10.4 Å². The molecule has 0 bridgehead atoms. The molecule has 0 atom stereocenters. The van der Waals surface area contributed by atoms with Gasteiger partial charge < -0.3 is 5.32 Å². The van der Waals surface area contributed by atoms with Crippen LogP contribution < -0.4 is 10.0 Å². The van der Waals surface area contributed by atoms with Crippen LogP contribution >= 0.6 is 22.9 Å². The zero-order valence-corrected chi connectivity index (χ0v) is 17.5. The number of benzene rings is 2. The first-order valence-electron chi connectivity index (χ1n) is 8.55. The Morgan fingerprint density at radius 3 is 2.64 bits per heavy atom. The molecule has 1 heterocycles. The second-order valence-electron chi connectivity index (χ2n) is 6.20. The minimum Gasteiger partial charge on any atom is -0.352 e. The van der Waals surface area contributed by atoms with Gasteiger partial charge in [0.1, 0.15) is 0 Å². The van der Waals surface area contributed by atoms with E-state index in [1.165, 1.54) is 18.2 Å². The van der Waals surface area contributed by atoms with Gasteiger partial charge in [-0.15, -0.1) is 11.3 Å². The van der Waals surface area contributed by atoms with E-state index in [1.54, 1.807) is 29.5 Å². The predicted molar refractivity (Wildman–Crippen MR) is 114 cm³/mol. The molecule has 5 nitrogen and oxygen atoms in total. The molecule has 3 aromatic rings. The summed E-state index contributed by atoms with van der Waals surface area (Å²) in [6.07, 6.45) is 0.702. The van der Waals surface area contributed by atoms with Crippen LogP contribution in [-0.2, 0) is 16.4 Å². The normalized spacial score (nSPS) is 11.2. The van der Waals surface area contributed by atoms with Gasteiger partial charge in [-0.25, -0.2) is 8.42 Å². The number of aryl methyl sites for hydroxylation is 1. The molecule has 1 aromatic heterocycles. The summed E-state index contributed by atoms with van der Waals surface area (Å²) in [6, 6.07) is 15.1. The van der Waals surface area contributed by atoms with Crippen LogP contribution in [0.15, 0.2) is 64.9 Å². The van der Waals surface area contributed by atoms with Crippen LogP contribution in [0.1, 0.15) is 20.8 Å². The third-order valence-corrected chi connectivity index (χ3v) is 6.64. The molecule has 0 aliphatic carbocycles. The highest BCUT2D eigenvalue weighted by atomic mass is 35.5. The van der Waals surface area contributed by atoms with Gasteiger partial charge >= 0.3 is 0 Å². The first kappa shape index (κ1) is 20.4. The highest BCUT2D eigenvalue weighted by molar-refractivity contribution is 7.92. The lowest BCUT2D eigenvalue weighted by Gasteiger charge is -2.11. The van der Waals surface area contributed by atoms with Crippen molar-refractivity contribution in [1.29, 1.82) is 0 Å². The van der Waals surface area contributed by atoms with E-state index in [0.29, 0.717) is 18.7 Å². The van der Waals surface area contributed by atoms with E-state index in [-0.39, 0.29) is 15.5 Å². The number of anilines is 1. The van der Waals surface area contributed by atoms with Crippen molar-refractivity contribution in [3.8, 4) is 0 Å². The van der Waals surface area contributed by atoms with Gasteiger partial charge in [-0.1, -0.05) is 29.8 Å². The number of hydrogen-bond donors (Lipinski definition) is 2. The largest absolute Gasteiger partial charge is 0.352 e. The van der Waals surface area contributed by atoms with Gasteiger partial charge in [0.15, 0.2) is 0 Å². The van der Waals surface area contributed by atoms with E-state index in [2.05, 4.69) is 10.0 Å². The third kappa shape index (κ3) is 5.13. The summed E-state index contributed by atoms with van der Waals surface area (Å²) in [5.74, 6) is -0.408. The smallest absolute Gasteiger partial charge is 0.261 e. The van der Waals surface area contributed by atoms with Crippen LogP contribution in [0.5, 0.6) is 0 Å². The highest BCUT2D eigenvalue weighted by Gasteiger charge is 2.19. The molecule has 0 aliphatic rings. The van der Waals surface area contributed by atoms with Crippen LogP contribution in [-0.4, -0.2) is 20.9 Å². The van der Waals surface area contributed by atoms with Crippen LogP contribution in [0.25, 0.3) is 0 Å². The Balaban J connectivity index is 1.75. The number of sulfonamides is 1. The van der Waals surface area contributed by atoms with Crippen LogP contribution in [0.2, 0.25) is 5.02 Å². The lowest BCUT2D eigenvalue weighted by atomic mass is 10.2. The van der Waals surface area contributed by atoms with Gasteiger partial charge in [-0.2, -0.15) is 0 Å². The SMILES string of the molecule is Cc1cccc(NS(=O)(=O)c2ccc(Cl)c(C(=O)NCCc3cccs3)c2)c1. The van der Waals surface area contributed by atoms with E-state index in [4.69, 9.17) is 11.6 Å². The summed E-state index contributed by atoms with van der Waals surface area (Å²) in [4.78, 5) is 13.6. The number of carbonyl (C=O) groups excluding carboxylic acids is 1. The van der Waals surface area contributed by atoms with Crippen molar-refractivity contribution >= 4 is 44.6 Å². The Bertz CT molecular complexity index is 1080. The van der Waals surface area contributed by atoms with Gasteiger partial charge in [0.2, 0.25) is 0 Å². The summed E-state index contributed by atoms with van der Waals surface area (Å²) in [5, 5.41) is 4.96. The average Bonchev–Trinajstić information content (AvgIpc) is 3.15. The van der Waals surface area contributed by atoms with Gasteiger partial charge in [0.05, 0.1) is 15.5 Å². The molecule has 0 unspecified atom stereocenters. The predicted octanol–water partition coefficient (Wildman–Crippen LogP) is 4.48. The summed E-state index contributed by atoms with van der Waals surface area (Å²) in [5.41, 5.74) is 1.51. The number of hydrogen-bond acceptors (Lipinski definition) is 4. The third-order valence-electron chi connectivity index (χ3n) is 4.00. The summed E-state index contributed by atoms with van der Waals surface area (Å²) in [6.45, 7) is 2.31. The molecular formula is C20H19ClN2O3S2. The fourth-order valence-electron chi connectivity index (χ4n) is 2.62. The van der Waals surface area contributed by atoms with E-state index < -0.39 is 15.9 Å². The maximum Gasteiger partial charge on any atom is 0.261 e. The lowest BCUT2D eigenvalue weighted by Crippen LogP contribution is -2.26. The first-order valence-corrected chi connectivity index (χ1v) is 11.3. The van der Waals surface area contributed by atoms with Gasteiger partial charge in [0.25, 0.3) is 15.9 Å².